The lowest BCUT2D eigenvalue weighted by molar-refractivity contribution is 0.102. The van der Waals surface area contributed by atoms with E-state index in [1.165, 1.54) is 24.7 Å². The number of anilines is 1. The first-order valence-electron chi connectivity index (χ1n) is 8.06. The lowest BCUT2D eigenvalue weighted by atomic mass is 10.1. The SMILES string of the molecule is COc1ccc(C(=O)Nc2ccc3c(c2)CCC3)cc1OCCO. The molecule has 0 unspecified atom stereocenters. The van der Waals surface area contributed by atoms with Gasteiger partial charge in [0.2, 0.25) is 0 Å². The Hall–Kier alpha value is -2.53. The molecule has 24 heavy (non-hydrogen) atoms. The van der Waals surface area contributed by atoms with Crippen molar-refractivity contribution in [2.24, 2.45) is 0 Å². The van der Waals surface area contributed by atoms with E-state index >= 15 is 0 Å². The van der Waals surface area contributed by atoms with E-state index in [9.17, 15) is 4.79 Å². The highest BCUT2D eigenvalue weighted by atomic mass is 16.5. The number of carbonyl (C=O) groups is 1. The number of amides is 1. The molecule has 0 aromatic heterocycles. The lowest BCUT2D eigenvalue weighted by Gasteiger charge is -2.12. The van der Waals surface area contributed by atoms with Crippen molar-refractivity contribution in [1.82, 2.24) is 0 Å². The molecule has 0 bridgehead atoms. The number of methoxy groups -OCH3 is 1. The zero-order valence-electron chi connectivity index (χ0n) is 13.7. The van der Waals surface area contributed by atoms with Crippen molar-refractivity contribution in [3.63, 3.8) is 0 Å². The molecule has 0 saturated carbocycles. The Morgan fingerprint density at radius 2 is 1.96 bits per heavy atom. The molecule has 126 valence electrons. The third kappa shape index (κ3) is 3.51. The zero-order valence-corrected chi connectivity index (χ0v) is 13.7. The number of nitrogens with one attached hydrogen (secondary N) is 1. The van der Waals surface area contributed by atoms with Gasteiger partial charge in [0.05, 0.1) is 13.7 Å². The van der Waals surface area contributed by atoms with Gasteiger partial charge in [-0.05, 0) is 60.7 Å². The van der Waals surface area contributed by atoms with Crippen LogP contribution in [-0.2, 0) is 12.8 Å². The van der Waals surface area contributed by atoms with Gasteiger partial charge in [-0.3, -0.25) is 4.79 Å². The van der Waals surface area contributed by atoms with Gasteiger partial charge in [0, 0.05) is 11.3 Å². The molecule has 1 amide bonds. The number of aliphatic hydroxyl groups is 1. The van der Waals surface area contributed by atoms with Crippen molar-refractivity contribution in [1.29, 1.82) is 0 Å². The van der Waals surface area contributed by atoms with E-state index in [-0.39, 0.29) is 19.1 Å². The van der Waals surface area contributed by atoms with Crippen LogP contribution < -0.4 is 14.8 Å². The van der Waals surface area contributed by atoms with Crippen molar-refractivity contribution in [3.8, 4) is 11.5 Å². The number of fused-ring (bicyclic) bond motifs is 1. The molecule has 1 aliphatic rings. The fourth-order valence-electron chi connectivity index (χ4n) is 2.94. The van der Waals surface area contributed by atoms with Gasteiger partial charge < -0.3 is 19.9 Å². The Balaban J connectivity index is 1.77. The van der Waals surface area contributed by atoms with Crippen LogP contribution in [0, 0.1) is 0 Å². The van der Waals surface area contributed by atoms with Crippen LogP contribution in [0.5, 0.6) is 11.5 Å². The minimum atomic E-state index is -0.204. The van der Waals surface area contributed by atoms with E-state index in [2.05, 4.69) is 11.4 Å². The first-order chi connectivity index (χ1) is 11.7. The highest BCUT2D eigenvalue weighted by molar-refractivity contribution is 6.04. The molecule has 0 saturated heterocycles. The normalized spacial score (nSPS) is 12.6. The van der Waals surface area contributed by atoms with Gasteiger partial charge in [-0.2, -0.15) is 0 Å². The topological polar surface area (TPSA) is 67.8 Å². The Morgan fingerprint density at radius 3 is 2.75 bits per heavy atom. The van der Waals surface area contributed by atoms with Crippen LogP contribution in [0.1, 0.15) is 27.9 Å². The van der Waals surface area contributed by atoms with Gasteiger partial charge in [0.15, 0.2) is 11.5 Å². The maximum absolute atomic E-state index is 12.5. The number of carbonyl (C=O) groups excluding carboxylic acids is 1. The Bertz CT molecular complexity index is 742. The molecule has 5 nitrogen and oxygen atoms in total. The average molecular weight is 327 g/mol. The maximum atomic E-state index is 12.5. The smallest absolute Gasteiger partial charge is 0.255 e. The third-order valence-corrected chi connectivity index (χ3v) is 4.13. The number of hydrogen-bond acceptors (Lipinski definition) is 4. The highest BCUT2D eigenvalue weighted by Crippen LogP contribution is 2.29. The molecule has 2 aromatic carbocycles. The number of ether oxygens (including phenoxy) is 2. The summed E-state index contributed by atoms with van der Waals surface area (Å²) in [6.07, 6.45) is 3.37. The molecule has 0 heterocycles. The minimum absolute atomic E-state index is 0.102. The zero-order chi connectivity index (χ0) is 16.9. The molecule has 2 N–H and O–H groups in total. The fraction of sp³-hybridized carbons (Fsp3) is 0.316. The number of hydrogen-bond donors (Lipinski definition) is 2. The molecular formula is C19H21NO4. The molecule has 3 rings (SSSR count). The van der Waals surface area contributed by atoms with E-state index in [1.807, 2.05) is 12.1 Å². The van der Waals surface area contributed by atoms with E-state index in [0.717, 1.165) is 18.5 Å². The van der Waals surface area contributed by atoms with Gasteiger partial charge in [-0.15, -0.1) is 0 Å². The lowest BCUT2D eigenvalue weighted by Crippen LogP contribution is -2.13. The van der Waals surface area contributed by atoms with Crippen LogP contribution in [0.25, 0.3) is 0 Å². The summed E-state index contributed by atoms with van der Waals surface area (Å²) < 4.78 is 10.6. The summed E-state index contributed by atoms with van der Waals surface area (Å²) in [5.74, 6) is 0.759. The molecule has 0 radical (unpaired) electrons. The van der Waals surface area contributed by atoms with E-state index < -0.39 is 0 Å². The molecule has 0 spiro atoms. The van der Waals surface area contributed by atoms with E-state index in [1.54, 1.807) is 18.2 Å². The van der Waals surface area contributed by atoms with Crippen LogP contribution >= 0.6 is 0 Å². The quantitative estimate of drug-likeness (QED) is 0.856. The van der Waals surface area contributed by atoms with Crippen LogP contribution in [0.15, 0.2) is 36.4 Å². The number of benzene rings is 2. The second-order valence-corrected chi connectivity index (χ2v) is 5.73. The second-order valence-electron chi connectivity index (χ2n) is 5.73. The number of rotatable bonds is 6. The summed E-state index contributed by atoms with van der Waals surface area (Å²) in [7, 11) is 1.53. The molecule has 0 aliphatic heterocycles. The summed E-state index contributed by atoms with van der Waals surface area (Å²) in [5.41, 5.74) is 3.96. The van der Waals surface area contributed by atoms with Crippen LogP contribution in [-0.4, -0.2) is 31.3 Å². The van der Waals surface area contributed by atoms with E-state index in [4.69, 9.17) is 14.6 Å². The fourth-order valence-corrected chi connectivity index (χ4v) is 2.94. The number of aryl methyl sites for hydroxylation is 2. The summed E-state index contributed by atoms with van der Waals surface area (Å²) in [5, 5.41) is 11.8. The Labute approximate surface area is 141 Å². The van der Waals surface area contributed by atoms with Gasteiger partial charge in [0.1, 0.15) is 6.61 Å². The van der Waals surface area contributed by atoms with Gasteiger partial charge in [-0.25, -0.2) is 0 Å². The third-order valence-electron chi connectivity index (χ3n) is 4.13. The van der Waals surface area contributed by atoms with Gasteiger partial charge in [0.25, 0.3) is 5.91 Å². The highest BCUT2D eigenvalue weighted by Gasteiger charge is 2.14. The van der Waals surface area contributed by atoms with Crippen LogP contribution in [0.3, 0.4) is 0 Å². The number of aliphatic hydroxyl groups excluding tert-OH is 1. The van der Waals surface area contributed by atoms with E-state index in [0.29, 0.717) is 17.1 Å². The molecular weight excluding hydrogens is 306 g/mol. The van der Waals surface area contributed by atoms with Crippen molar-refractivity contribution < 1.29 is 19.4 Å². The van der Waals surface area contributed by atoms with Crippen LogP contribution in [0.4, 0.5) is 5.69 Å². The Kier molecular flexibility index (Phi) is 5.01. The van der Waals surface area contributed by atoms with Crippen molar-refractivity contribution >= 4 is 11.6 Å². The van der Waals surface area contributed by atoms with Crippen molar-refractivity contribution in [2.75, 3.05) is 25.6 Å². The average Bonchev–Trinajstić information content (AvgIpc) is 3.07. The van der Waals surface area contributed by atoms with Crippen molar-refractivity contribution in [3.05, 3.63) is 53.1 Å². The summed E-state index contributed by atoms with van der Waals surface area (Å²) in [6.45, 7) is 0.0426. The standard InChI is InChI=1S/C19H21NO4/c1-23-17-8-6-15(12-18(17)24-10-9-21)19(22)20-16-7-5-13-3-2-4-14(13)11-16/h5-8,11-12,21H,2-4,9-10H2,1H3,(H,20,22). The first-order valence-corrected chi connectivity index (χ1v) is 8.06. The predicted molar refractivity (Wildman–Crippen MR) is 92.0 cm³/mol. The molecule has 0 fully saturated rings. The van der Waals surface area contributed by atoms with Gasteiger partial charge >= 0.3 is 0 Å². The van der Waals surface area contributed by atoms with Crippen LogP contribution in [0.2, 0.25) is 0 Å². The maximum Gasteiger partial charge on any atom is 0.255 e. The minimum Gasteiger partial charge on any atom is -0.493 e. The second kappa shape index (κ2) is 7.36. The molecule has 5 heteroatoms. The summed E-state index contributed by atoms with van der Waals surface area (Å²) in [4.78, 5) is 12.5. The van der Waals surface area contributed by atoms with Gasteiger partial charge in [-0.1, -0.05) is 6.07 Å². The predicted octanol–water partition coefficient (Wildman–Crippen LogP) is 2.81. The Morgan fingerprint density at radius 1 is 1.12 bits per heavy atom. The largest absolute Gasteiger partial charge is 0.493 e. The molecule has 2 aromatic rings. The summed E-state index contributed by atoms with van der Waals surface area (Å²) >= 11 is 0. The summed E-state index contributed by atoms with van der Waals surface area (Å²) in [6, 6.07) is 11.1. The molecule has 0 atom stereocenters. The monoisotopic (exact) mass is 327 g/mol. The van der Waals surface area contributed by atoms with Crippen molar-refractivity contribution in [2.45, 2.75) is 19.3 Å². The molecule has 1 aliphatic carbocycles. The first kappa shape index (κ1) is 16.3.